The summed E-state index contributed by atoms with van der Waals surface area (Å²) in [4.78, 5) is 11.5. The van der Waals surface area contributed by atoms with Crippen LogP contribution in [0.5, 0.6) is 0 Å². The summed E-state index contributed by atoms with van der Waals surface area (Å²) in [5.74, 6) is -1.80. The Morgan fingerprint density at radius 2 is 2.00 bits per heavy atom. The maximum Gasteiger partial charge on any atom is 0.323 e. The molecule has 2 rings (SSSR count). The first-order valence-corrected chi connectivity index (χ1v) is 8.98. The molecule has 1 aromatic rings. The lowest BCUT2D eigenvalue weighted by atomic mass is 9.92. The number of aliphatic carboxylic acids is 1. The highest BCUT2D eigenvalue weighted by molar-refractivity contribution is 9.10. The normalized spacial score (nSPS) is 20.1. The molecule has 1 aliphatic rings. The summed E-state index contributed by atoms with van der Waals surface area (Å²) in [6.45, 7) is 0.163. The maximum atomic E-state index is 13.4. The zero-order valence-electron chi connectivity index (χ0n) is 11.1. The number of hydrogen-bond donors (Lipinski definition) is 2. The van der Waals surface area contributed by atoms with E-state index in [1.165, 1.54) is 6.07 Å². The van der Waals surface area contributed by atoms with Crippen LogP contribution in [0.2, 0.25) is 0 Å². The lowest BCUT2D eigenvalue weighted by molar-refractivity contribution is -0.145. The predicted molar refractivity (Wildman–Crippen MR) is 79.2 cm³/mol. The van der Waals surface area contributed by atoms with Crippen LogP contribution in [0, 0.1) is 5.82 Å². The Kier molecular flexibility index (Phi) is 4.69. The largest absolute Gasteiger partial charge is 0.480 e. The zero-order chi connectivity index (χ0) is 15.7. The lowest BCUT2D eigenvalue weighted by Crippen LogP contribution is -2.56. The van der Waals surface area contributed by atoms with Crippen molar-refractivity contribution in [2.75, 3.05) is 11.5 Å². The van der Waals surface area contributed by atoms with E-state index in [1.54, 1.807) is 12.1 Å². The molecule has 0 unspecified atom stereocenters. The zero-order valence-corrected chi connectivity index (χ0v) is 13.5. The summed E-state index contributed by atoms with van der Waals surface area (Å²) in [5.41, 5.74) is -0.667. The van der Waals surface area contributed by atoms with Gasteiger partial charge in [-0.3, -0.25) is 10.1 Å². The summed E-state index contributed by atoms with van der Waals surface area (Å²) in [7, 11) is -3.15. The fourth-order valence-electron chi connectivity index (χ4n) is 2.27. The molecule has 1 saturated heterocycles. The van der Waals surface area contributed by atoms with E-state index in [0.717, 1.165) is 0 Å². The number of benzene rings is 1. The molecule has 0 spiro atoms. The number of carbonyl (C=O) groups is 1. The van der Waals surface area contributed by atoms with E-state index in [-0.39, 0.29) is 30.9 Å². The van der Waals surface area contributed by atoms with Crippen LogP contribution in [0.1, 0.15) is 18.4 Å². The van der Waals surface area contributed by atoms with Gasteiger partial charge < -0.3 is 5.11 Å². The summed E-state index contributed by atoms with van der Waals surface area (Å²) < 4.78 is 36.6. The third-order valence-corrected chi connectivity index (χ3v) is 6.00. The van der Waals surface area contributed by atoms with Gasteiger partial charge in [0.25, 0.3) is 0 Å². The topological polar surface area (TPSA) is 83.5 Å². The molecule has 116 valence electrons. The van der Waals surface area contributed by atoms with Crippen molar-refractivity contribution < 1.29 is 22.7 Å². The van der Waals surface area contributed by atoms with Gasteiger partial charge in [0.2, 0.25) is 0 Å². The van der Waals surface area contributed by atoms with Crippen molar-refractivity contribution in [1.29, 1.82) is 0 Å². The smallest absolute Gasteiger partial charge is 0.323 e. The number of nitrogens with one attached hydrogen (secondary N) is 1. The number of sulfone groups is 1. The standard InChI is InChI=1S/C13H15BrFNO4S/c14-10-2-1-9(7-11(10)15)8-16-13(12(17)18)3-5-21(19,20)6-4-13/h1-2,7,16H,3-6,8H2,(H,17,18). The van der Waals surface area contributed by atoms with Gasteiger partial charge in [-0.15, -0.1) is 0 Å². The van der Waals surface area contributed by atoms with Crippen molar-refractivity contribution in [3.8, 4) is 0 Å². The Labute approximate surface area is 130 Å². The first kappa shape index (κ1) is 16.4. The van der Waals surface area contributed by atoms with Gasteiger partial charge in [-0.2, -0.15) is 0 Å². The highest BCUT2D eigenvalue weighted by Gasteiger charge is 2.43. The Hall–Kier alpha value is -0.990. The molecular formula is C13H15BrFNO4S. The van der Waals surface area contributed by atoms with Crippen LogP contribution in [0.15, 0.2) is 22.7 Å². The Balaban J connectivity index is 2.11. The minimum absolute atomic E-state index is 0.0175. The van der Waals surface area contributed by atoms with Gasteiger partial charge in [-0.1, -0.05) is 6.07 Å². The van der Waals surface area contributed by atoms with Crippen LogP contribution in [0.3, 0.4) is 0 Å². The third-order valence-electron chi connectivity index (χ3n) is 3.70. The Morgan fingerprint density at radius 3 is 2.52 bits per heavy atom. The molecule has 8 heteroatoms. The molecule has 21 heavy (non-hydrogen) atoms. The van der Waals surface area contributed by atoms with Gasteiger partial charge in [0, 0.05) is 6.54 Å². The van der Waals surface area contributed by atoms with Crippen molar-refractivity contribution in [1.82, 2.24) is 5.32 Å². The average Bonchev–Trinajstić information content (AvgIpc) is 2.41. The number of carboxylic acid groups (broad SMARTS) is 1. The molecular weight excluding hydrogens is 365 g/mol. The van der Waals surface area contributed by atoms with Crippen molar-refractivity contribution in [2.24, 2.45) is 0 Å². The van der Waals surface area contributed by atoms with Crippen molar-refractivity contribution in [2.45, 2.75) is 24.9 Å². The van der Waals surface area contributed by atoms with E-state index in [1.807, 2.05) is 0 Å². The first-order chi connectivity index (χ1) is 9.74. The summed E-state index contributed by atoms with van der Waals surface area (Å²) in [6, 6.07) is 4.53. The van der Waals surface area contributed by atoms with Gasteiger partial charge in [-0.25, -0.2) is 12.8 Å². The van der Waals surface area contributed by atoms with Crippen LogP contribution in [0.25, 0.3) is 0 Å². The fraction of sp³-hybridized carbons (Fsp3) is 0.462. The van der Waals surface area contributed by atoms with Crippen LogP contribution in [-0.4, -0.2) is 36.5 Å². The molecule has 1 aromatic carbocycles. The second-order valence-electron chi connectivity index (χ2n) is 5.14. The number of carboxylic acids is 1. The lowest BCUT2D eigenvalue weighted by Gasteiger charge is -2.34. The highest BCUT2D eigenvalue weighted by atomic mass is 79.9. The SMILES string of the molecule is O=C(O)C1(NCc2ccc(Br)c(F)c2)CCS(=O)(=O)CC1. The van der Waals surface area contributed by atoms with Crippen molar-refractivity contribution >= 4 is 31.7 Å². The van der Waals surface area contributed by atoms with Gasteiger partial charge in [0.1, 0.15) is 21.2 Å². The molecule has 0 radical (unpaired) electrons. The molecule has 0 bridgehead atoms. The average molecular weight is 380 g/mol. The Bertz CT molecular complexity index is 648. The quantitative estimate of drug-likeness (QED) is 0.831. The maximum absolute atomic E-state index is 13.4. The molecule has 1 fully saturated rings. The molecule has 0 atom stereocenters. The summed E-state index contributed by atoms with van der Waals surface area (Å²) in [6.07, 6.45) is 0.0351. The summed E-state index contributed by atoms with van der Waals surface area (Å²) in [5, 5.41) is 12.3. The second kappa shape index (κ2) is 6.02. The van der Waals surface area contributed by atoms with Crippen LogP contribution in [0.4, 0.5) is 4.39 Å². The molecule has 0 aliphatic carbocycles. The molecule has 2 N–H and O–H groups in total. The third kappa shape index (κ3) is 3.81. The van der Waals surface area contributed by atoms with Crippen molar-refractivity contribution in [3.63, 3.8) is 0 Å². The predicted octanol–water partition coefficient (Wildman–Crippen LogP) is 1.71. The van der Waals surface area contributed by atoms with E-state index in [4.69, 9.17) is 0 Å². The van der Waals surface area contributed by atoms with Gasteiger partial charge in [-0.05, 0) is 46.5 Å². The molecule has 0 amide bonds. The monoisotopic (exact) mass is 379 g/mol. The van der Waals surface area contributed by atoms with Crippen molar-refractivity contribution in [3.05, 3.63) is 34.1 Å². The second-order valence-corrected chi connectivity index (χ2v) is 8.30. The van der Waals surface area contributed by atoms with Gasteiger partial charge in [0.15, 0.2) is 0 Å². The first-order valence-electron chi connectivity index (χ1n) is 6.37. The van der Waals surface area contributed by atoms with E-state index in [2.05, 4.69) is 21.2 Å². The van der Waals surface area contributed by atoms with E-state index in [0.29, 0.717) is 10.0 Å². The van der Waals surface area contributed by atoms with E-state index in [9.17, 15) is 22.7 Å². The Morgan fingerprint density at radius 1 is 1.38 bits per heavy atom. The molecule has 1 heterocycles. The van der Waals surface area contributed by atoms with Crippen LogP contribution < -0.4 is 5.32 Å². The number of rotatable bonds is 4. The van der Waals surface area contributed by atoms with Crippen LogP contribution >= 0.6 is 15.9 Å². The molecule has 0 saturated carbocycles. The van der Waals surface area contributed by atoms with Gasteiger partial charge in [0.05, 0.1) is 16.0 Å². The van der Waals surface area contributed by atoms with Gasteiger partial charge >= 0.3 is 5.97 Å². The molecule has 5 nitrogen and oxygen atoms in total. The molecule has 1 aliphatic heterocycles. The summed E-state index contributed by atoms with van der Waals surface area (Å²) >= 11 is 3.05. The van der Waals surface area contributed by atoms with E-state index < -0.39 is 27.2 Å². The minimum Gasteiger partial charge on any atom is -0.480 e. The fourth-order valence-corrected chi connectivity index (χ4v) is 4.04. The van der Waals surface area contributed by atoms with Crippen LogP contribution in [-0.2, 0) is 21.2 Å². The minimum atomic E-state index is -3.15. The number of hydrogen-bond acceptors (Lipinski definition) is 4. The highest BCUT2D eigenvalue weighted by Crippen LogP contribution is 2.25. The van der Waals surface area contributed by atoms with E-state index >= 15 is 0 Å². The molecule has 0 aromatic heterocycles. The number of halogens is 2.